The molecule has 0 radical (unpaired) electrons. The topological polar surface area (TPSA) is 66.5 Å². The van der Waals surface area contributed by atoms with E-state index in [-0.39, 0.29) is 11.9 Å². The van der Waals surface area contributed by atoms with Gasteiger partial charge in [-0.15, -0.1) is 0 Å². The Bertz CT molecular complexity index is 541. The number of amides is 1. The van der Waals surface area contributed by atoms with Gasteiger partial charge >= 0.3 is 0 Å². The molecule has 1 atom stereocenters. The van der Waals surface area contributed by atoms with Gasteiger partial charge in [-0.25, -0.2) is 8.42 Å². The first-order valence-electron chi connectivity index (χ1n) is 6.62. The normalized spacial score (nSPS) is 13.1. The van der Waals surface area contributed by atoms with E-state index in [0.717, 1.165) is 6.26 Å². The van der Waals surface area contributed by atoms with E-state index >= 15 is 0 Å². The van der Waals surface area contributed by atoms with Crippen LogP contribution in [-0.4, -0.2) is 32.7 Å². The second-order valence-corrected chi connectivity index (χ2v) is 6.84. The number of sulfonamides is 1. The first kappa shape index (κ1) is 16.5. The van der Waals surface area contributed by atoms with E-state index in [2.05, 4.69) is 5.32 Å². The predicted octanol–water partition coefficient (Wildman–Crippen LogP) is 1.76. The van der Waals surface area contributed by atoms with Crippen LogP contribution in [0.25, 0.3) is 0 Å². The number of carbonyl (C=O) groups excluding carboxylic acids is 1. The molecule has 5 nitrogen and oxygen atoms in total. The van der Waals surface area contributed by atoms with Crippen molar-refractivity contribution in [1.29, 1.82) is 0 Å². The molecule has 0 fully saturated rings. The molecule has 0 aromatic heterocycles. The van der Waals surface area contributed by atoms with Gasteiger partial charge < -0.3 is 5.32 Å². The second-order valence-electron chi connectivity index (χ2n) is 4.98. The zero-order valence-corrected chi connectivity index (χ0v) is 13.1. The highest BCUT2D eigenvalue weighted by atomic mass is 32.2. The lowest BCUT2D eigenvalue weighted by Gasteiger charge is -2.30. The van der Waals surface area contributed by atoms with Gasteiger partial charge in [-0.3, -0.25) is 9.10 Å². The zero-order valence-electron chi connectivity index (χ0n) is 12.3. The lowest BCUT2D eigenvalue weighted by molar-refractivity contribution is -0.122. The molecule has 0 aliphatic rings. The standard InChI is InChI=1S/C14H22N2O3S/c1-5-13(14(17)15-11(2)3)16(20(4,18)19)12-9-7-6-8-10-12/h6-11,13H,5H2,1-4H3,(H,15,17)/t13-/m0/s1. The van der Waals surface area contributed by atoms with Crippen molar-refractivity contribution in [3.63, 3.8) is 0 Å². The minimum absolute atomic E-state index is 0.0336. The Labute approximate surface area is 121 Å². The summed E-state index contributed by atoms with van der Waals surface area (Å²) < 4.78 is 25.3. The monoisotopic (exact) mass is 298 g/mol. The molecule has 0 unspecified atom stereocenters. The number of nitrogens with one attached hydrogen (secondary N) is 1. The molecule has 0 saturated heterocycles. The predicted molar refractivity (Wildman–Crippen MR) is 81.1 cm³/mol. The van der Waals surface area contributed by atoms with E-state index in [0.29, 0.717) is 12.1 Å². The van der Waals surface area contributed by atoms with Crippen LogP contribution in [0, 0.1) is 0 Å². The Hall–Kier alpha value is -1.56. The van der Waals surface area contributed by atoms with Gasteiger partial charge in [-0.2, -0.15) is 0 Å². The number of hydrogen-bond acceptors (Lipinski definition) is 3. The minimum atomic E-state index is -3.54. The molecule has 1 N–H and O–H groups in total. The zero-order chi connectivity index (χ0) is 15.3. The molecule has 0 aliphatic carbocycles. The summed E-state index contributed by atoms with van der Waals surface area (Å²) in [5.74, 6) is -0.281. The summed E-state index contributed by atoms with van der Waals surface area (Å²) >= 11 is 0. The summed E-state index contributed by atoms with van der Waals surface area (Å²) in [6, 6.07) is 7.91. The van der Waals surface area contributed by atoms with Crippen molar-refractivity contribution in [2.45, 2.75) is 39.3 Å². The van der Waals surface area contributed by atoms with Crippen LogP contribution in [0.15, 0.2) is 30.3 Å². The van der Waals surface area contributed by atoms with Crippen LogP contribution in [0.4, 0.5) is 5.69 Å². The molecule has 1 amide bonds. The highest BCUT2D eigenvalue weighted by Crippen LogP contribution is 2.21. The lowest BCUT2D eigenvalue weighted by Crippen LogP contribution is -2.50. The minimum Gasteiger partial charge on any atom is -0.352 e. The van der Waals surface area contributed by atoms with Gasteiger partial charge in [0, 0.05) is 6.04 Å². The maximum absolute atomic E-state index is 12.2. The van der Waals surface area contributed by atoms with Crippen LogP contribution in [-0.2, 0) is 14.8 Å². The third-order valence-electron chi connectivity index (χ3n) is 2.77. The average molecular weight is 298 g/mol. The van der Waals surface area contributed by atoms with Crippen molar-refractivity contribution < 1.29 is 13.2 Å². The van der Waals surface area contributed by atoms with E-state index in [1.54, 1.807) is 37.3 Å². The van der Waals surface area contributed by atoms with Crippen molar-refractivity contribution in [1.82, 2.24) is 5.32 Å². The van der Waals surface area contributed by atoms with Crippen LogP contribution in [0.2, 0.25) is 0 Å². The molecule has 20 heavy (non-hydrogen) atoms. The van der Waals surface area contributed by atoms with Gasteiger partial charge in [-0.1, -0.05) is 25.1 Å². The summed E-state index contributed by atoms with van der Waals surface area (Å²) in [5.41, 5.74) is 0.501. The van der Waals surface area contributed by atoms with Crippen LogP contribution >= 0.6 is 0 Å². The van der Waals surface area contributed by atoms with Gasteiger partial charge in [0.15, 0.2) is 0 Å². The number of hydrogen-bond donors (Lipinski definition) is 1. The van der Waals surface area contributed by atoms with Crippen LogP contribution in [0.1, 0.15) is 27.2 Å². The van der Waals surface area contributed by atoms with E-state index in [9.17, 15) is 13.2 Å². The van der Waals surface area contributed by atoms with Crippen molar-refractivity contribution in [2.75, 3.05) is 10.6 Å². The summed E-state index contributed by atoms with van der Waals surface area (Å²) in [6.07, 6.45) is 1.52. The first-order chi connectivity index (χ1) is 9.27. The van der Waals surface area contributed by atoms with Gasteiger partial charge in [-0.05, 0) is 32.4 Å². The maximum Gasteiger partial charge on any atom is 0.244 e. The molecule has 0 heterocycles. The molecular weight excluding hydrogens is 276 g/mol. The fourth-order valence-corrected chi connectivity index (χ4v) is 3.23. The SMILES string of the molecule is CC[C@@H](C(=O)NC(C)C)N(c1ccccc1)S(C)(=O)=O. The third kappa shape index (κ3) is 4.23. The van der Waals surface area contributed by atoms with Gasteiger partial charge in [0.25, 0.3) is 0 Å². The smallest absolute Gasteiger partial charge is 0.244 e. The van der Waals surface area contributed by atoms with Crippen molar-refractivity contribution >= 4 is 21.6 Å². The molecule has 0 saturated carbocycles. The molecule has 6 heteroatoms. The Kier molecular flexibility index (Phi) is 5.56. The van der Waals surface area contributed by atoms with Crippen molar-refractivity contribution in [2.24, 2.45) is 0 Å². The number of rotatable bonds is 6. The first-order valence-corrected chi connectivity index (χ1v) is 8.47. The summed E-state index contributed by atoms with van der Waals surface area (Å²) in [7, 11) is -3.54. The van der Waals surface area contributed by atoms with Crippen molar-refractivity contribution in [3.8, 4) is 0 Å². The van der Waals surface area contributed by atoms with Gasteiger partial charge in [0.2, 0.25) is 15.9 Å². The summed E-state index contributed by atoms with van der Waals surface area (Å²) in [6.45, 7) is 5.49. The van der Waals surface area contributed by atoms with E-state index in [1.165, 1.54) is 4.31 Å². The molecule has 1 rings (SSSR count). The molecule has 112 valence electrons. The number of para-hydroxylation sites is 1. The highest BCUT2D eigenvalue weighted by Gasteiger charge is 2.31. The highest BCUT2D eigenvalue weighted by molar-refractivity contribution is 7.92. The fraction of sp³-hybridized carbons (Fsp3) is 0.500. The maximum atomic E-state index is 12.2. The Morgan fingerprint density at radius 1 is 1.25 bits per heavy atom. The number of carbonyl (C=O) groups is 1. The summed E-state index contributed by atoms with van der Waals surface area (Å²) in [5, 5.41) is 2.77. The average Bonchev–Trinajstić information content (AvgIpc) is 2.34. The largest absolute Gasteiger partial charge is 0.352 e. The van der Waals surface area contributed by atoms with Crippen LogP contribution in [0.3, 0.4) is 0 Å². The Morgan fingerprint density at radius 3 is 2.20 bits per heavy atom. The van der Waals surface area contributed by atoms with E-state index in [1.807, 2.05) is 13.8 Å². The van der Waals surface area contributed by atoms with Gasteiger partial charge in [0.1, 0.15) is 6.04 Å². The second kappa shape index (κ2) is 6.74. The quantitative estimate of drug-likeness (QED) is 0.870. The van der Waals surface area contributed by atoms with Gasteiger partial charge in [0.05, 0.1) is 11.9 Å². The molecule has 0 spiro atoms. The Morgan fingerprint density at radius 2 is 1.80 bits per heavy atom. The van der Waals surface area contributed by atoms with Crippen LogP contribution < -0.4 is 9.62 Å². The molecule has 0 aliphatic heterocycles. The Balaban J connectivity index is 3.19. The molecule has 0 bridgehead atoms. The lowest BCUT2D eigenvalue weighted by atomic mass is 10.2. The summed E-state index contributed by atoms with van der Waals surface area (Å²) in [4.78, 5) is 12.2. The third-order valence-corrected chi connectivity index (χ3v) is 3.95. The number of anilines is 1. The molecule has 1 aromatic rings. The van der Waals surface area contributed by atoms with Crippen LogP contribution in [0.5, 0.6) is 0 Å². The number of nitrogens with zero attached hydrogens (tertiary/aromatic N) is 1. The van der Waals surface area contributed by atoms with E-state index in [4.69, 9.17) is 0 Å². The fourth-order valence-electron chi connectivity index (χ4n) is 2.02. The molecule has 1 aromatic carbocycles. The van der Waals surface area contributed by atoms with Crippen molar-refractivity contribution in [3.05, 3.63) is 30.3 Å². The number of benzene rings is 1. The molecular formula is C14H22N2O3S. The van der Waals surface area contributed by atoms with E-state index < -0.39 is 16.1 Å².